The number of amides is 2. The Labute approximate surface area is 235 Å². The fraction of sp³-hybridized carbons (Fsp3) is 0.292. The van der Waals surface area contributed by atoms with Crippen LogP contribution in [0.25, 0.3) is 5.82 Å². The fourth-order valence-electron chi connectivity index (χ4n) is 3.61. The predicted octanol–water partition coefficient (Wildman–Crippen LogP) is 4.72. The number of alkyl halides is 3. The number of carbonyl (C=O) groups is 2. The highest BCUT2D eigenvalue weighted by Gasteiger charge is 2.37. The Morgan fingerprint density at radius 2 is 1.77 bits per heavy atom. The predicted molar refractivity (Wildman–Crippen MR) is 140 cm³/mol. The molecule has 3 heterocycles. The van der Waals surface area contributed by atoms with E-state index >= 15 is 0 Å². The number of hydrogen-bond donors (Lipinski definition) is 2. The van der Waals surface area contributed by atoms with Crippen LogP contribution in [0.2, 0.25) is 10.0 Å². The Morgan fingerprint density at radius 1 is 1.05 bits per heavy atom. The molecule has 2 N–H and O–H groups in total. The number of nitrogens with zero attached hydrogens (tertiary/aromatic N) is 7. The molecule has 0 spiro atoms. The average molecular weight is 596 g/mol. The highest BCUT2D eigenvalue weighted by atomic mass is 35.5. The Balaban J connectivity index is 1.74. The van der Waals surface area contributed by atoms with Gasteiger partial charge in [-0.05, 0) is 68.8 Å². The number of halogens is 5. The summed E-state index contributed by atoms with van der Waals surface area (Å²) in [6, 6.07) is 7.43. The second-order valence-corrected chi connectivity index (χ2v) is 10.5. The number of anilines is 1. The zero-order chi connectivity index (χ0) is 29.4. The molecule has 0 aliphatic rings. The Kier molecular flexibility index (Phi) is 7.85. The molecule has 0 saturated carbocycles. The van der Waals surface area contributed by atoms with Crippen molar-refractivity contribution in [3.05, 3.63) is 74.9 Å². The summed E-state index contributed by atoms with van der Waals surface area (Å²) in [5.41, 5.74) is 0.291. The highest BCUT2D eigenvalue weighted by molar-refractivity contribution is 6.32. The average Bonchev–Trinajstić information content (AvgIpc) is 3.47. The van der Waals surface area contributed by atoms with Crippen LogP contribution in [-0.4, -0.2) is 52.3 Å². The summed E-state index contributed by atoms with van der Waals surface area (Å²) in [6.45, 7) is 6.74. The number of aryl methyl sites for hydroxylation is 1. The maximum Gasteiger partial charge on any atom is 0.455 e. The second-order valence-electron chi connectivity index (χ2n) is 9.69. The van der Waals surface area contributed by atoms with Crippen molar-refractivity contribution in [1.29, 1.82) is 0 Å². The van der Waals surface area contributed by atoms with E-state index in [4.69, 9.17) is 23.2 Å². The van der Waals surface area contributed by atoms with E-state index in [-0.39, 0.29) is 40.0 Å². The quantitative estimate of drug-likeness (QED) is 0.329. The van der Waals surface area contributed by atoms with Crippen LogP contribution in [0.1, 0.15) is 58.7 Å². The van der Waals surface area contributed by atoms with Crippen molar-refractivity contribution in [1.82, 2.24) is 40.3 Å². The Bertz CT molecular complexity index is 1590. The molecule has 1 aromatic carbocycles. The number of pyridine rings is 1. The number of benzene rings is 1. The van der Waals surface area contributed by atoms with E-state index < -0.39 is 29.4 Å². The molecule has 0 aliphatic carbocycles. The van der Waals surface area contributed by atoms with E-state index in [0.29, 0.717) is 15.4 Å². The number of rotatable bonds is 6. The number of tetrazole rings is 1. The second kappa shape index (κ2) is 10.8. The Hall–Kier alpha value is -4.04. The molecule has 4 rings (SSSR count). The van der Waals surface area contributed by atoms with Crippen LogP contribution < -0.4 is 10.6 Å². The van der Waals surface area contributed by atoms with Crippen molar-refractivity contribution < 1.29 is 22.8 Å². The molecule has 40 heavy (non-hydrogen) atoms. The minimum atomic E-state index is -4.78. The summed E-state index contributed by atoms with van der Waals surface area (Å²) in [7, 11) is 0. The maximum atomic E-state index is 13.6. The molecule has 3 aromatic heterocycles. The van der Waals surface area contributed by atoms with Gasteiger partial charge in [0.05, 0.1) is 22.0 Å². The summed E-state index contributed by atoms with van der Waals surface area (Å²) in [4.78, 5) is 31.5. The molecule has 0 aliphatic heterocycles. The molecule has 0 atom stereocenters. The maximum absolute atomic E-state index is 13.6. The summed E-state index contributed by atoms with van der Waals surface area (Å²) >= 11 is 12.5. The summed E-state index contributed by atoms with van der Waals surface area (Å²) < 4.78 is 39.9. The van der Waals surface area contributed by atoms with E-state index in [9.17, 15) is 22.8 Å². The monoisotopic (exact) mass is 595 g/mol. The molecule has 210 valence electrons. The minimum Gasteiger partial charge on any atom is -0.347 e. The van der Waals surface area contributed by atoms with E-state index in [1.807, 2.05) is 0 Å². The van der Waals surface area contributed by atoms with Gasteiger partial charge in [0.25, 0.3) is 17.6 Å². The third kappa shape index (κ3) is 6.57. The molecule has 16 heteroatoms. The van der Waals surface area contributed by atoms with Gasteiger partial charge in [0.15, 0.2) is 5.82 Å². The van der Waals surface area contributed by atoms with Crippen molar-refractivity contribution in [2.75, 3.05) is 5.32 Å². The van der Waals surface area contributed by atoms with Gasteiger partial charge in [-0.1, -0.05) is 23.2 Å². The lowest BCUT2D eigenvalue weighted by atomic mass is 10.0. The number of aromatic nitrogens is 7. The van der Waals surface area contributed by atoms with Gasteiger partial charge in [0.1, 0.15) is 12.2 Å². The van der Waals surface area contributed by atoms with E-state index in [2.05, 4.69) is 36.1 Å². The van der Waals surface area contributed by atoms with Crippen LogP contribution in [0.5, 0.6) is 0 Å². The summed E-state index contributed by atoms with van der Waals surface area (Å²) in [6.07, 6.45) is -3.35. The largest absolute Gasteiger partial charge is 0.455 e. The van der Waals surface area contributed by atoms with Crippen molar-refractivity contribution in [2.24, 2.45) is 0 Å². The molecular weight excluding hydrogens is 574 g/mol. The molecule has 0 radical (unpaired) electrons. The molecule has 0 saturated heterocycles. The third-order valence-electron chi connectivity index (χ3n) is 5.21. The first-order valence-corrected chi connectivity index (χ1v) is 12.4. The van der Waals surface area contributed by atoms with Gasteiger partial charge < -0.3 is 10.6 Å². The van der Waals surface area contributed by atoms with Crippen molar-refractivity contribution >= 4 is 40.7 Å². The molecule has 2 amide bonds. The van der Waals surface area contributed by atoms with Crippen molar-refractivity contribution in [3.8, 4) is 5.82 Å². The van der Waals surface area contributed by atoms with Crippen LogP contribution in [0.3, 0.4) is 0 Å². The van der Waals surface area contributed by atoms with Gasteiger partial charge in [-0.3, -0.25) is 9.59 Å². The zero-order valence-corrected chi connectivity index (χ0v) is 23.0. The number of hydrogen-bond acceptors (Lipinski definition) is 7. The molecule has 4 aromatic rings. The molecular formula is C24H22Cl2F3N9O2. The van der Waals surface area contributed by atoms with Gasteiger partial charge >= 0.3 is 6.18 Å². The van der Waals surface area contributed by atoms with Gasteiger partial charge in [-0.25, -0.2) is 9.67 Å². The van der Waals surface area contributed by atoms with Crippen molar-refractivity contribution in [2.45, 2.75) is 46.0 Å². The highest BCUT2D eigenvalue weighted by Crippen LogP contribution is 2.28. The van der Waals surface area contributed by atoms with Gasteiger partial charge in [0.2, 0.25) is 0 Å². The SMILES string of the molecule is Cc1cc(Cl)cc(C(=O)NC(C)(C)C)c1NC(=O)c1cc(Cn2nnc(C(F)(F)F)n2)nn1-c1ncccc1Cl. The van der Waals surface area contributed by atoms with E-state index in [0.717, 1.165) is 4.68 Å². The molecule has 0 fully saturated rings. The standard InChI is InChI=1S/C24H22Cl2F3N9O2/c1-12-8-13(25)9-15(20(39)32-23(2,3)4)18(12)31-21(40)17-10-14(11-37-35-22(33-36-37)24(27,28)29)34-38(17)19-16(26)6-5-7-30-19/h5-10H,11H2,1-4H3,(H,31,40)(H,32,39). The lowest BCUT2D eigenvalue weighted by molar-refractivity contribution is -0.145. The van der Waals surface area contributed by atoms with Gasteiger partial charge in [0, 0.05) is 16.8 Å². The molecule has 0 unspecified atom stereocenters. The van der Waals surface area contributed by atoms with Crippen LogP contribution >= 0.6 is 23.2 Å². The van der Waals surface area contributed by atoms with E-state index in [1.54, 1.807) is 39.8 Å². The fourth-order valence-corrected chi connectivity index (χ4v) is 4.08. The normalized spacial score (nSPS) is 11.9. The van der Waals surface area contributed by atoms with Crippen LogP contribution in [0.4, 0.5) is 18.9 Å². The summed E-state index contributed by atoms with van der Waals surface area (Å²) in [5.74, 6) is -2.51. The number of carbonyl (C=O) groups excluding carboxylic acids is 2. The lowest BCUT2D eigenvalue weighted by Gasteiger charge is -2.22. The summed E-state index contributed by atoms with van der Waals surface area (Å²) in [5, 5.41) is 20.1. The first kappa shape index (κ1) is 29.0. The third-order valence-corrected chi connectivity index (χ3v) is 5.73. The lowest BCUT2D eigenvalue weighted by Crippen LogP contribution is -2.41. The molecule has 0 bridgehead atoms. The first-order valence-electron chi connectivity index (χ1n) is 11.6. The minimum absolute atomic E-state index is 0.0803. The van der Waals surface area contributed by atoms with Gasteiger partial charge in [-0.2, -0.15) is 23.1 Å². The van der Waals surface area contributed by atoms with E-state index in [1.165, 1.54) is 24.4 Å². The van der Waals surface area contributed by atoms with Crippen LogP contribution in [-0.2, 0) is 12.7 Å². The van der Waals surface area contributed by atoms with Crippen molar-refractivity contribution in [3.63, 3.8) is 0 Å². The van der Waals surface area contributed by atoms with Gasteiger partial charge in [-0.15, -0.1) is 10.2 Å². The zero-order valence-electron chi connectivity index (χ0n) is 21.5. The number of nitrogens with one attached hydrogen (secondary N) is 2. The molecule has 11 nitrogen and oxygen atoms in total. The topological polar surface area (TPSA) is 133 Å². The Morgan fingerprint density at radius 3 is 2.40 bits per heavy atom. The first-order chi connectivity index (χ1) is 18.6. The smallest absolute Gasteiger partial charge is 0.347 e. The van der Waals surface area contributed by atoms with Crippen LogP contribution in [0.15, 0.2) is 36.5 Å². The van der Waals surface area contributed by atoms with Crippen LogP contribution in [0, 0.1) is 6.92 Å².